The third kappa shape index (κ3) is 5.25. The van der Waals surface area contributed by atoms with Gasteiger partial charge in [0.2, 0.25) is 5.91 Å². The summed E-state index contributed by atoms with van der Waals surface area (Å²) >= 11 is 0. The highest BCUT2D eigenvalue weighted by Crippen LogP contribution is 2.22. The van der Waals surface area contributed by atoms with Crippen LogP contribution in [0.4, 0.5) is 0 Å². The summed E-state index contributed by atoms with van der Waals surface area (Å²) in [6.07, 6.45) is 0.225. The molecule has 2 atom stereocenters. The summed E-state index contributed by atoms with van der Waals surface area (Å²) in [6, 6.07) is 12.9. The smallest absolute Gasteiger partial charge is 0.254 e. The maximum Gasteiger partial charge on any atom is 0.254 e. The van der Waals surface area contributed by atoms with E-state index in [2.05, 4.69) is 17.4 Å². The molecule has 0 unspecified atom stereocenters. The van der Waals surface area contributed by atoms with E-state index in [1.54, 1.807) is 23.1 Å². The summed E-state index contributed by atoms with van der Waals surface area (Å²) in [4.78, 5) is 26.5. The minimum absolute atomic E-state index is 0. The fourth-order valence-corrected chi connectivity index (χ4v) is 4.20. The Morgan fingerprint density at radius 3 is 2.58 bits per heavy atom. The van der Waals surface area contributed by atoms with Crippen molar-refractivity contribution >= 4 is 24.2 Å². The van der Waals surface area contributed by atoms with Gasteiger partial charge in [-0.1, -0.05) is 24.3 Å². The number of hydrogen-bond acceptors (Lipinski definition) is 5. The number of carbonyl (C=O) groups is 2. The highest BCUT2D eigenvalue weighted by molar-refractivity contribution is 5.98. The number of amides is 2. The van der Waals surface area contributed by atoms with E-state index in [9.17, 15) is 14.7 Å². The van der Waals surface area contributed by atoms with Crippen LogP contribution >= 0.6 is 12.4 Å². The van der Waals surface area contributed by atoms with Crippen LogP contribution in [-0.2, 0) is 24.1 Å². The quantitative estimate of drug-likeness (QED) is 0.643. The summed E-state index contributed by atoms with van der Waals surface area (Å²) in [5, 5.41) is 14.3. The van der Waals surface area contributed by atoms with E-state index >= 15 is 0 Å². The molecule has 2 aliphatic heterocycles. The molecule has 2 aromatic rings. The molecule has 7 nitrogen and oxygen atoms in total. The van der Waals surface area contributed by atoms with Crippen molar-refractivity contribution in [2.45, 2.75) is 31.5 Å². The lowest BCUT2D eigenvalue weighted by atomic mass is 9.89. The van der Waals surface area contributed by atoms with Gasteiger partial charge in [0.1, 0.15) is 0 Å². The van der Waals surface area contributed by atoms with Crippen LogP contribution in [0.25, 0.3) is 0 Å². The van der Waals surface area contributed by atoms with Crippen LogP contribution in [0.5, 0.6) is 0 Å². The van der Waals surface area contributed by atoms with E-state index in [0.29, 0.717) is 56.0 Å². The van der Waals surface area contributed by atoms with Crippen molar-refractivity contribution in [3.8, 4) is 0 Å². The molecule has 2 aromatic carbocycles. The lowest BCUT2D eigenvalue weighted by Crippen LogP contribution is -2.45. The molecule has 4 rings (SSSR count). The Morgan fingerprint density at radius 1 is 1.16 bits per heavy atom. The zero-order chi connectivity index (χ0) is 21.1. The number of aliphatic hydroxyl groups excluding tert-OH is 1. The average molecular weight is 446 g/mol. The van der Waals surface area contributed by atoms with Crippen LogP contribution in [0.3, 0.4) is 0 Å². The molecule has 1 fully saturated rings. The first-order valence-corrected chi connectivity index (χ1v) is 10.3. The normalized spacial score (nSPS) is 19.1. The molecule has 0 saturated carbocycles. The summed E-state index contributed by atoms with van der Waals surface area (Å²) in [5.74, 6) is -0.667. The Balaban J connectivity index is 0.00000272. The number of ether oxygens (including phenoxy) is 1. The van der Waals surface area contributed by atoms with Crippen molar-refractivity contribution in [3.63, 3.8) is 0 Å². The summed E-state index contributed by atoms with van der Waals surface area (Å²) in [7, 11) is 0. The van der Waals surface area contributed by atoms with Gasteiger partial charge in [-0.25, -0.2) is 0 Å². The molecule has 2 aliphatic rings. The number of hydrogen-bond donors (Lipinski definition) is 3. The molecule has 0 spiro atoms. The van der Waals surface area contributed by atoms with Crippen LogP contribution in [-0.4, -0.2) is 60.3 Å². The van der Waals surface area contributed by atoms with Gasteiger partial charge >= 0.3 is 0 Å². The topological polar surface area (TPSA) is 105 Å². The molecule has 4 N–H and O–H groups in total. The molecule has 1 saturated heterocycles. The standard InChI is InChI=1S/C23H27N3O4.ClH/c24-22(28)19-6-5-16(23(29)26-7-9-30-10-8-26)11-18(19)13-21(27)20-12-15-3-1-2-4-17(15)14-25-20;/h1-6,11,20-21,25,27H,7-10,12-14H2,(H2,24,28);1H/t20-,21+;/m1./s1. The fourth-order valence-electron chi connectivity index (χ4n) is 4.20. The van der Waals surface area contributed by atoms with Crippen LogP contribution < -0.4 is 11.1 Å². The maximum absolute atomic E-state index is 12.8. The van der Waals surface area contributed by atoms with E-state index in [1.807, 2.05) is 12.1 Å². The molecule has 31 heavy (non-hydrogen) atoms. The van der Waals surface area contributed by atoms with Crippen molar-refractivity contribution in [3.05, 3.63) is 70.3 Å². The second kappa shape index (κ2) is 10.2. The van der Waals surface area contributed by atoms with Crippen LogP contribution in [0, 0.1) is 0 Å². The monoisotopic (exact) mass is 445 g/mol. The third-order valence-electron chi connectivity index (χ3n) is 5.92. The Morgan fingerprint density at radius 2 is 1.87 bits per heavy atom. The summed E-state index contributed by atoms with van der Waals surface area (Å²) < 4.78 is 5.31. The molecule has 166 valence electrons. The van der Waals surface area contributed by atoms with E-state index in [-0.39, 0.29) is 30.8 Å². The van der Waals surface area contributed by atoms with Gasteiger partial charge in [-0.15, -0.1) is 12.4 Å². The zero-order valence-electron chi connectivity index (χ0n) is 17.3. The number of nitrogens with two attached hydrogens (primary N) is 1. The molecule has 2 heterocycles. The summed E-state index contributed by atoms with van der Waals surface area (Å²) in [5.41, 5.74) is 9.42. The predicted molar refractivity (Wildman–Crippen MR) is 119 cm³/mol. The van der Waals surface area contributed by atoms with Gasteiger partial charge in [-0.3, -0.25) is 9.59 Å². The van der Waals surface area contributed by atoms with Crippen molar-refractivity contribution in [2.75, 3.05) is 26.3 Å². The zero-order valence-corrected chi connectivity index (χ0v) is 18.1. The Bertz CT molecular complexity index is 946. The van der Waals surface area contributed by atoms with Gasteiger partial charge in [0, 0.05) is 43.2 Å². The first kappa shape index (κ1) is 23.2. The molecular formula is C23H28ClN3O4. The first-order valence-electron chi connectivity index (χ1n) is 10.3. The highest BCUT2D eigenvalue weighted by Gasteiger charge is 2.26. The maximum atomic E-state index is 12.8. The first-order chi connectivity index (χ1) is 14.5. The number of primary amides is 1. The number of aliphatic hydroxyl groups is 1. The number of benzene rings is 2. The number of carbonyl (C=O) groups excluding carboxylic acids is 2. The molecule has 0 radical (unpaired) electrons. The SMILES string of the molecule is Cl.NC(=O)c1ccc(C(=O)N2CCOCC2)cc1C[C@H](O)[C@H]1Cc2ccccc2CN1. The molecule has 0 aliphatic carbocycles. The van der Waals surface area contributed by atoms with Gasteiger partial charge < -0.3 is 25.8 Å². The molecule has 0 bridgehead atoms. The Labute approximate surface area is 188 Å². The van der Waals surface area contributed by atoms with E-state index in [0.717, 1.165) is 0 Å². The van der Waals surface area contributed by atoms with Gasteiger partial charge in [-0.2, -0.15) is 0 Å². The van der Waals surface area contributed by atoms with Gasteiger partial charge in [-0.05, 0) is 41.3 Å². The van der Waals surface area contributed by atoms with E-state index < -0.39 is 12.0 Å². The van der Waals surface area contributed by atoms with Gasteiger partial charge in [0.05, 0.1) is 19.3 Å². The van der Waals surface area contributed by atoms with Crippen molar-refractivity contribution in [2.24, 2.45) is 5.73 Å². The molecule has 0 aromatic heterocycles. The van der Waals surface area contributed by atoms with E-state index in [4.69, 9.17) is 10.5 Å². The third-order valence-corrected chi connectivity index (χ3v) is 5.92. The highest BCUT2D eigenvalue weighted by atomic mass is 35.5. The molecule has 2 amide bonds. The number of rotatable bonds is 5. The van der Waals surface area contributed by atoms with Crippen LogP contribution in [0.2, 0.25) is 0 Å². The van der Waals surface area contributed by atoms with E-state index in [1.165, 1.54) is 11.1 Å². The van der Waals surface area contributed by atoms with Crippen LogP contribution in [0.15, 0.2) is 42.5 Å². The van der Waals surface area contributed by atoms with Crippen LogP contribution in [0.1, 0.15) is 37.4 Å². The van der Waals surface area contributed by atoms with Gasteiger partial charge in [0.25, 0.3) is 5.91 Å². The lowest BCUT2D eigenvalue weighted by molar-refractivity contribution is 0.0302. The largest absolute Gasteiger partial charge is 0.391 e. The second-order valence-corrected chi connectivity index (χ2v) is 7.87. The van der Waals surface area contributed by atoms with Gasteiger partial charge in [0.15, 0.2) is 0 Å². The number of halogens is 1. The Hall–Kier alpha value is -2.45. The Kier molecular flexibility index (Phi) is 7.67. The minimum atomic E-state index is -0.717. The number of morpholine rings is 1. The number of nitrogens with one attached hydrogen (secondary N) is 1. The number of nitrogens with zero attached hydrogens (tertiary/aromatic N) is 1. The molecular weight excluding hydrogens is 418 g/mol. The number of fused-ring (bicyclic) bond motifs is 1. The van der Waals surface area contributed by atoms with Crippen molar-refractivity contribution in [1.29, 1.82) is 0 Å². The molecule has 8 heteroatoms. The second-order valence-electron chi connectivity index (χ2n) is 7.87. The lowest BCUT2D eigenvalue weighted by Gasteiger charge is -2.30. The summed E-state index contributed by atoms with van der Waals surface area (Å²) in [6.45, 7) is 2.81. The average Bonchev–Trinajstić information content (AvgIpc) is 2.78. The predicted octanol–water partition coefficient (Wildman–Crippen LogP) is 1.30. The minimum Gasteiger partial charge on any atom is -0.391 e. The fraction of sp³-hybridized carbons (Fsp3) is 0.391. The van der Waals surface area contributed by atoms with Crippen molar-refractivity contribution in [1.82, 2.24) is 10.2 Å². The van der Waals surface area contributed by atoms with Crippen molar-refractivity contribution < 1.29 is 19.4 Å².